The second-order valence-electron chi connectivity index (χ2n) is 3.93. The Kier molecular flexibility index (Phi) is 3.86. The predicted octanol–water partition coefficient (Wildman–Crippen LogP) is 3.61. The maximum Gasteiger partial charge on any atom is 0.231 e. The van der Waals surface area contributed by atoms with Crippen molar-refractivity contribution in [3.05, 3.63) is 94.2 Å². The van der Waals surface area contributed by atoms with Gasteiger partial charge < -0.3 is 0 Å². The van der Waals surface area contributed by atoms with Gasteiger partial charge in [0.05, 0.1) is 4.92 Å². The Morgan fingerprint density at radius 2 is 1.33 bits per heavy atom. The van der Waals surface area contributed by atoms with Crippen LogP contribution in [0.2, 0.25) is 0 Å². The van der Waals surface area contributed by atoms with Crippen molar-refractivity contribution in [2.75, 3.05) is 0 Å². The molecule has 0 atom stereocenters. The van der Waals surface area contributed by atoms with Crippen LogP contribution in [0.4, 0.5) is 0 Å². The normalized spacial score (nSPS) is 10.9. The van der Waals surface area contributed by atoms with E-state index in [1.807, 2.05) is 60.7 Å². The summed E-state index contributed by atoms with van der Waals surface area (Å²) in [6.07, 6.45) is 2.62. The minimum atomic E-state index is -0.432. The number of rotatable bonds is 4. The van der Waals surface area contributed by atoms with Crippen LogP contribution >= 0.6 is 0 Å². The highest BCUT2D eigenvalue weighted by Crippen LogP contribution is 2.25. The Morgan fingerprint density at radius 3 is 1.72 bits per heavy atom. The molecule has 0 amide bonds. The summed E-state index contributed by atoms with van der Waals surface area (Å²) in [5.41, 5.74) is 2.09. The SMILES string of the molecule is O=[N+]([O-])C=CC(c1ccccc1)c1ccccc1. The van der Waals surface area contributed by atoms with Crippen molar-refractivity contribution in [2.45, 2.75) is 5.92 Å². The molecule has 0 heterocycles. The Hall–Kier alpha value is -2.42. The molecule has 0 saturated carbocycles. The first-order valence-electron chi connectivity index (χ1n) is 5.69. The lowest BCUT2D eigenvalue weighted by molar-refractivity contribution is -0.402. The standard InChI is InChI=1S/C15H13NO2/c17-16(18)12-11-15(13-7-3-1-4-8-13)14-9-5-2-6-10-14/h1-12,15H. The van der Waals surface area contributed by atoms with E-state index in [1.54, 1.807) is 6.08 Å². The molecule has 90 valence electrons. The number of hydrogen-bond acceptors (Lipinski definition) is 2. The first-order chi connectivity index (χ1) is 8.77. The van der Waals surface area contributed by atoms with E-state index in [4.69, 9.17) is 0 Å². The topological polar surface area (TPSA) is 43.1 Å². The van der Waals surface area contributed by atoms with Crippen molar-refractivity contribution in [1.82, 2.24) is 0 Å². The van der Waals surface area contributed by atoms with Gasteiger partial charge in [-0.25, -0.2) is 0 Å². The molecule has 0 bridgehead atoms. The third kappa shape index (κ3) is 3.04. The molecule has 0 fully saturated rings. The zero-order valence-corrected chi connectivity index (χ0v) is 9.77. The average Bonchev–Trinajstić information content (AvgIpc) is 2.41. The molecular weight excluding hydrogens is 226 g/mol. The van der Waals surface area contributed by atoms with Crippen molar-refractivity contribution < 1.29 is 4.92 Å². The van der Waals surface area contributed by atoms with Crippen molar-refractivity contribution in [3.63, 3.8) is 0 Å². The fourth-order valence-corrected chi connectivity index (χ4v) is 1.89. The van der Waals surface area contributed by atoms with Crippen LogP contribution in [0.5, 0.6) is 0 Å². The monoisotopic (exact) mass is 239 g/mol. The van der Waals surface area contributed by atoms with E-state index in [9.17, 15) is 10.1 Å². The number of nitrogens with zero attached hydrogens (tertiary/aromatic N) is 1. The molecule has 18 heavy (non-hydrogen) atoms. The van der Waals surface area contributed by atoms with Gasteiger partial charge in [-0.05, 0) is 17.2 Å². The largest absolute Gasteiger partial charge is 0.259 e. The number of benzene rings is 2. The van der Waals surface area contributed by atoms with E-state index in [2.05, 4.69) is 0 Å². The summed E-state index contributed by atoms with van der Waals surface area (Å²) in [6, 6.07) is 19.5. The molecule has 0 aliphatic rings. The molecule has 3 nitrogen and oxygen atoms in total. The highest BCUT2D eigenvalue weighted by atomic mass is 16.6. The van der Waals surface area contributed by atoms with Gasteiger partial charge in [0, 0.05) is 5.92 Å². The fraction of sp³-hybridized carbons (Fsp3) is 0.0667. The van der Waals surface area contributed by atoms with Crippen LogP contribution in [-0.4, -0.2) is 4.92 Å². The van der Waals surface area contributed by atoms with Gasteiger partial charge >= 0.3 is 0 Å². The molecule has 0 N–H and O–H groups in total. The smallest absolute Gasteiger partial charge is 0.231 e. The summed E-state index contributed by atoms with van der Waals surface area (Å²) in [5.74, 6) is -0.0854. The maximum atomic E-state index is 10.5. The van der Waals surface area contributed by atoms with Crippen molar-refractivity contribution >= 4 is 0 Å². The van der Waals surface area contributed by atoms with Gasteiger partial charge in [-0.2, -0.15) is 0 Å². The van der Waals surface area contributed by atoms with E-state index in [0.29, 0.717) is 0 Å². The van der Waals surface area contributed by atoms with E-state index >= 15 is 0 Å². The molecule has 0 unspecified atom stereocenters. The first-order valence-corrected chi connectivity index (χ1v) is 5.69. The van der Waals surface area contributed by atoms with Crippen molar-refractivity contribution in [3.8, 4) is 0 Å². The fourth-order valence-electron chi connectivity index (χ4n) is 1.89. The maximum absolute atomic E-state index is 10.5. The lowest BCUT2D eigenvalue weighted by Gasteiger charge is -2.12. The van der Waals surface area contributed by atoms with Crippen molar-refractivity contribution in [2.24, 2.45) is 0 Å². The molecule has 2 aromatic rings. The second-order valence-corrected chi connectivity index (χ2v) is 3.93. The molecule has 0 aliphatic heterocycles. The van der Waals surface area contributed by atoms with Gasteiger partial charge in [0.1, 0.15) is 0 Å². The molecule has 0 spiro atoms. The van der Waals surface area contributed by atoms with Crippen LogP contribution in [0.15, 0.2) is 72.9 Å². The number of nitro groups is 1. The Labute approximate surface area is 106 Å². The van der Waals surface area contributed by atoms with E-state index in [-0.39, 0.29) is 5.92 Å². The van der Waals surface area contributed by atoms with E-state index in [0.717, 1.165) is 17.3 Å². The van der Waals surface area contributed by atoms with Crippen molar-refractivity contribution in [1.29, 1.82) is 0 Å². The van der Waals surface area contributed by atoms with Crippen LogP contribution in [0.25, 0.3) is 0 Å². The van der Waals surface area contributed by atoms with Gasteiger partial charge in [-0.1, -0.05) is 60.7 Å². The molecule has 2 aromatic carbocycles. The third-order valence-corrected chi connectivity index (χ3v) is 2.72. The Balaban J connectivity index is 2.38. The Morgan fingerprint density at radius 1 is 0.889 bits per heavy atom. The summed E-state index contributed by atoms with van der Waals surface area (Å²) in [7, 11) is 0. The minimum Gasteiger partial charge on any atom is -0.259 e. The van der Waals surface area contributed by atoms with Gasteiger partial charge in [0.25, 0.3) is 0 Å². The summed E-state index contributed by atoms with van der Waals surface area (Å²) in [6.45, 7) is 0. The summed E-state index contributed by atoms with van der Waals surface area (Å²) < 4.78 is 0. The van der Waals surface area contributed by atoms with Crippen LogP contribution in [0.1, 0.15) is 17.0 Å². The molecule has 0 aromatic heterocycles. The molecule has 0 aliphatic carbocycles. The number of hydrogen-bond donors (Lipinski definition) is 0. The van der Waals surface area contributed by atoms with E-state index < -0.39 is 4.92 Å². The first kappa shape index (κ1) is 12.0. The molecular formula is C15H13NO2. The highest BCUT2D eigenvalue weighted by Gasteiger charge is 2.11. The minimum absolute atomic E-state index is 0.0854. The van der Waals surface area contributed by atoms with Crippen LogP contribution in [-0.2, 0) is 0 Å². The summed E-state index contributed by atoms with van der Waals surface area (Å²) in [5, 5.41) is 10.5. The zero-order chi connectivity index (χ0) is 12.8. The van der Waals surface area contributed by atoms with Gasteiger partial charge in [-0.15, -0.1) is 0 Å². The molecule has 3 heteroatoms. The summed E-state index contributed by atoms with van der Waals surface area (Å²) >= 11 is 0. The van der Waals surface area contributed by atoms with E-state index in [1.165, 1.54) is 0 Å². The van der Waals surface area contributed by atoms with Gasteiger partial charge in [-0.3, -0.25) is 10.1 Å². The lowest BCUT2D eigenvalue weighted by atomic mass is 9.91. The highest BCUT2D eigenvalue weighted by molar-refractivity contribution is 5.36. The zero-order valence-electron chi connectivity index (χ0n) is 9.77. The van der Waals surface area contributed by atoms with Gasteiger partial charge in [0.15, 0.2) is 0 Å². The second kappa shape index (κ2) is 5.77. The lowest BCUT2D eigenvalue weighted by Crippen LogP contribution is -1.98. The third-order valence-electron chi connectivity index (χ3n) is 2.72. The number of allylic oxidation sites excluding steroid dienone is 1. The van der Waals surface area contributed by atoms with Crippen LogP contribution in [0.3, 0.4) is 0 Å². The quantitative estimate of drug-likeness (QED) is 0.604. The molecule has 0 saturated heterocycles. The predicted molar refractivity (Wildman–Crippen MR) is 70.9 cm³/mol. The van der Waals surface area contributed by atoms with Gasteiger partial charge in [0.2, 0.25) is 6.20 Å². The molecule has 0 radical (unpaired) electrons. The Bertz CT molecular complexity index is 495. The van der Waals surface area contributed by atoms with Crippen LogP contribution in [0, 0.1) is 10.1 Å². The average molecular weight is 239 g/mol. The molecule has 2 rings (SSSR count). The van der Waals surface area contributed by atoms with Crippen LogP contribution < -0.4 is 0 Å². The summed E-state index contributed by atoms with van der Waals surface area (Å²) in [4.78, 5) is 10.1.